The van der Waals surface area contributed by atoms with Crippen molar-refractivity contribution in [3.05, 3.63) is 24.0 Å². The van der Waals surface area contributed by atoms with Gasteiger partial charge in [-0.15, -0.1) is 0 Å². The van der Waals surface area contributed by atoms with Gasteiger partial charge < -0.3 is 10.2 Å². The normalized spacial score (nSPS) is 13.9. The molecule has 114 valence electrons. The first-order valence-corrected chi connectivity index (χ1v) is 7.42. The Morgan fingerprint density at radius 1 is 1.38 bits per heavy atom. The van der Waals surface area contributed by atoms with Gasteiger partial charge in [-0.25, -0.2) is 4.39 Å². The number of carbonyl (C=O) groups is 2. The zero-order valence-corrected chi connectivity index (χ0v) is 12.5. The molecule has 1 aromatic rings. The molecule has 0 bridgehead atoms. The largest absolute Gasteiger partial charge is 0.324 e. The predicted octanol–water partition coefficient (Wildman–Crippen LogP) is 3.47. The number of nitrogens with one attached hydrogen (secondary N) is 1. The molecule has 1 saturated carbocycles. The number of anilines is 2. The molecule has 0 spiro atoms. The molecule has 1 aliphatic carbocycles. The molecule has 1 N–H and O–H groups in total. The summed E-state index contributed by atoms with van der Waals surface area (Å²) in [7, 11) is 0. The van der Waals surface area contributed by atoms with Gasteiger partial charge in [-0.1, -0.05) is 13.3 Å². The Kier molecular flexibility index (Phi) is 4.94. The van der Waals surface area contributed by atoms with Crippen LogP contribution in [0.5, 0.6) is 0 Å². The minimum Gasteiger partial charge on any atom is -0.324 e. The van der Waals surface area contributed by atoms with Crippen LogP contribution in [0, 0.1) is 5.82 Å². The maximum Gasteiger partial charge on any atom is 0.224 e. The van der Waals surface area contributed by atoms with E-state index in [2.05, 4.69) is 5.32 Å². The van der Waals surface area contributed by atoms with E-state index in [1.54, 1.807) is 11.0 Å². The van der Waals surface area contributed by atoms with E-state index in [1.807, 2.05) is 6.92 Å². The van der Waals surface area contributed by atoms with Crippen LogP contribution in [0.25, 0.3) is 0 Å². The standard InChI is InChI=1S/C16H21FN2O2/c1-3-4-5-16(21)18-14-10-12(17)6-9-15(14)19(11(2)20)13-7-8-13/h6,9-10,13H,3-5,7-8H2,1-2H3,(H,18,21). The number of halogens is 1. The van der Waals surface area contributed by atoms with Crippen LogP contribution in [0.3, 0.4) is 0 Å². The van der Waals surface area contributed by atoms with Crippen molar-refractivity contribution in [3.8, 4) is 0 Å². The number of carbonyl (C=O) groups excluding carboxylic acids is 2. The number of hydrogen-bond donors (Lipinski definition) is 1. The molecular formula is C16H21FN2O2. The van der Waals surface area contributed by atoms with Crippen LogP contribution in [0.4, 0.5) is 15.8 Å². The average molecular weight is 292 g/mol. The lowest BCUT2D eigenvalue weighted by atomic mass is 10.2. The van der Waals surface area contributed by atoms with Gasteiger partial charge in [0.2, 0.25) is 11.8 Å². The van der Waals surface area contributed by atoms with E-state index in [9.17, 15) is 14.0 Å². The number of benzene rings is 1. The average Bonchev–Trinajstić information content (AvgIpc) is 3.23. The second kappa shape index (κ2) is 6.70. The first-order valence-electron chi connectivity index (χ1n) is 7.42. The van der Waals surface area contributed by atoms with Gasteiger partial charge in [-0.2, -0.15) is 0 Å². The summed E-state index contributed by atoms with van der Waals surface area (Å²) < 4.78 is 13.5. The summed E-state index contributed by atoms with van der Waals surface area (Å²) in [4.78, 5) is 25.4. The summed E-state index contributed by atoms with van der Waals surface area (Å²) in [5.74, 6) is -0.667. The number of hydrogen-bond acceptors (Lipinski definition) is 2. The molecule has 1 aromatic carbocycles. The van der Waals surface area contributed by atoms with E-state index in [0.717, 1.165) is 25.7 Å². The fraction of sp³-hybridized carbons (Fsp3) is 0.500. The quantitative estimate of drug-likeness (QED) is 0.872. The Morgan fingerprint density at radius 2 is 2.10 bits per heavy atom. The van der Waals surface area contributed by atoms with Gasteiger partial charge in [0.25, 0.3) is 0 Å². The highest BCUT2D eigenvalue weighted by Crippen LogP contribution is 2.36. The Bertz CT molecular complexity index is 541. The van der Waals surface area contributed by atoms with Gasteiger partial charge >= 0.3 is 0 Å². The minimum atomic E-state index is -0.427. The molecule has 4 nitrogen and oxygen atoms in total. The Balaban J connectivity index is 2.24. The predicted molar refractivity (Wildman–Crippen MR) is 80.7 cm³/mol. The van der Waals surface area contributed by atoms with Crippen LogP contribution in [-0.2, 0) is 9.59 Å². The van der Waals surface area contributed by atoms with Crippen molar-refractivity contribution >= 4 is 23.2 Å². The van der Waals surface area contributed by atoms with Crippen molar-refractivity contribution in [2.75, 3.05) is 10.2 Å². The lowest BCUT2D eigenvalue weighted by Crippen LogP contribution is -2.31. The smallest absolute Gasteiger partial charge is 0.224 e. The first-order chi connectivity index (χ1) is 10.0. The summed E-state index contributed by atoms with van der Waals surface area (Å²) in [6.07, 6.45) is 4.00. The highest BCUT2D eigenvalue weighted by Gasteiger charge is 2.33. The molecule has 0 atom stereocenters. The van der Waals surface area contributed by atoms with Gasteiger partial charge in [-0.05, 0) is 37.5 Å². The second-order valence-corrected chi connectivity index (χ2v) is 5.43. The maximum atomic E-state index is 13.5. The van der Waals surface area contributed by atoms with Gasteiger partial charge in [0.15, 0.2) is 0 Å². The van der Waals surface area contributed by atoms with E-state index in [0.29, 0.717) is 17.8 Å². The Morgan fingerprint density at radius 3 is 2.67 bits per heavy atom. The summed E-state index contributed by atoms with van der Waals surface area (Å²) in [5, 5.41) is 2.73. The summed E-state index contributed by atoms with van der Waals surface area (Å²) in [6, 6.07) is 4.32. The van der Waals surface area contributed by atoms with Crippen molar-refractivity contribution in [1.82, 2.24) is 0 Å². The van der Waals surface area contributed by atoms with E-state index >= 15 is 0 Å². The van der Waals surface area contributed by atoms with Crippen molar-refractivity contribution in [2.24, 2.45) is 0 Å². The van der Waals surface area contributed by atoms with Gasteiger partial charge in [-0.3, -0.25) is 9.59 Å². The van der Waals surface area contributed by atoms with E-state index in [4.69, 9.17) is 0 Å². The molecule has 0 saturated heterocycles. The Hall–Kier alpha value is -1.91. The van der Waals surface area contributed by atoms with Crippen LogP contribution in [0.15, 0.2) is 18.2 Å². The third-order valence-corrected chi connectivity index (χ3v) is 3.50. The lowest BCUT2D eigenvalue weighted by molar-refractivity contribution is -0.117. The number of nitrogens with zero attached hydrogens (tertiary/aromatic N) is 1. The first kappa shape index (κ1) is 15.5. The van der Waals surface area contributed by atoms with Crippen molar-refractivity contribution in [1.29, 1.82) is 0 Å². The van der Waals surface area contributed by atoms with Crippen molar-refractivity contribution in [3.63, 3.8) is 0 Å². The fourth-order valence-corrected chi connectivity index (χ4v) is 2.32. The second-order valence-electron chi connectivity index (χ2n) is 5.43. The highest BCUT2D eigenvalue weighted by molar-refractivity contribution is 6.00. The van der Waals surface area contributed by atoms with Crippen LogP contribution in [0.1, 0.15) is 46.0 Å². The minimum absolute atomic E-state index is 0.0897. The molecule has 0 unspecified atom stereocenters. The molecule has 2 amide bonds. The zero-order valence-electron chi connectivity index (χ0n) is 12.5. The van der Waals surface area contributed by atoms with Gasteiger partial charge in [0.1, 0.15) is 5.82 Å². The SMILES string of the molecule is CCCCC(=O)Nc1cc(F)ccc1N(C(C)=O)C1CC1. The van der Waals surface area contributed by atoms with Crippen molar-refractivity contribution in [2.45, 2.75) is 52.0 Å². The van der Waals surface area contributed by atoms with Crippen LogP contribution in [0.2, 0.25) is 0 Å². The Labute approximate surface area is 124 Å². The molecule has 21 heavy (non-hydrogen) atoms. The van der Waals surface area contributed by atoms with E-state index < -0.39 is 5.82 Å². The molecule has 0 radical (unpaired) electrons. The van der Waals surface area contributed by atoms with Crippen molar-refractivity contribution < 1.29 is 14.0 Å². The van der Waals surface area contributed by atoms with E-state index in [-0.39, 0.29) is 17.9 Å². The molecule has 1 aliphatic rings. The third-order valence-electron chi connectivity index (χ3n) is 3.50. The highest BCUT2D eigenvalue weighted by atomic mass is 19.1. The molecule has 1 fully saturated rings. The summed E-state index contributed by atoms with van der Waals surface area (Å²) in [6.45, 7) is 3.50. The third kappa shape index (κ3) is 4.03. The fourth-order valence-electron chi connectivity index (χ4n) is 2.32. The van der Waals surface area contributed by atoms with Gasteiger partial charge in [0.05, 0.1) is 11.4 Å². The van der Waals surface area contributed by atoms with Crippen LogP contribution < -0.4 is 10.2 Å². The monoisotopic (exact) mass is 292 g/mol. The number of rotatable bonds is 6. The molecule has 0 aliphatic heterocycles. The van der Waals surface area contributed by atoms with Crippen LogP contribution >= 0.6 is 0 Å². The van der Waals surface area contributed by atoms with Crippen LogP contribution in [-0.4, -0.2) is 17.9 Å². The van der Waals surface area contributed by atoms with E-state index in [1.165, 1.54) is 19.1 Å². The number of unbranched alkanes of at least 4 members (excludes halogenated alkanes) is 1. The molecule has 2 rings (SSSR count). The summed E-state index contributed by atoms with van der Waals surface area (Å²) >= 11 is 0. The number of amides is 2. The lowest BCUT2D eigenvalue weighted by Gasteiger charge is -2.24. The zero-order chi connectivity index (χ0) is 15.4. The van der Waals surface area contributed by atoms with Gasteiger partial charge in [0, 0.05) is 19.4 Å². The molecule has 5 heteroatoms. The molecular weight excluding hydrogens is 271 g/mol. The topological polar surface area (TPSA) is 49.4 Å². The molecule has 0 aromatic heterocycles. The maximum absolute atomic E-state index is 13.5. The molecule has 0 heterocycles. The summed E-state index contributed by atoms with van der Waals surface area (Å²) in [5.41, 5.74) is 0.953.